The Morgan fingerprint density at radius 3 is 2.67 bits per heavy atom. The van der Waals surface area contributed by atoms with Crippen LogP contribution in [0.4, 0.5) is 0 Å². The van der Waals surface area contributed by atoms with Crippen molar-refractivity contribution in [3.8, 4) is 0 Å². The fourth-order valence-electron chi connectivity index (χ4n) is 2.43. The number of benzene rings is 1. The number of hydrogen-bond acceptors (Lipinski definition) is 2. The molecule has 1 heterocycles. The molecule has 0 spiro atoms. The number of hydrogen-bond donors (Lipinski definition) is 0. The van der Waals surface area contributed by atoms with Gasteiger partial charge >= 0.3 is 0 Å². The number of carbonyl (C=O) groups is 1. The Morgan fingerprint density at radius 1 is 1.17 bits per heavy atom. The van der Waals surface area contributed by atoms with Gasteiger partial charge in [-0.05, 0) is 25.0 Å². The minimum atomic E-state index is 0.296. The lowest BCUT2D eigenvalue weighted by Gasteiger charge is -2.21. The number of carbonyl (C=O) groups excluding carboxylic acids is 1. The first-order chi connectivity index (χ1) is 8.70. The quantitative estimate of drug-likeness (QED) is 0.815. The van der Waals surface area contributed by atoms with Gasteiger partial charge in [-0.2, -0.15) is 0 Å². The SMILES string of the molecule is CCN1CCN(Cc2ccccc2C)CCC1=O. The molecule has 98 valence electrons. The molecule has 1 fully saturated rings. The van der Waals surface area contributed by atoms with Crippen molar-refractivity contribution in [3.63, 3.8) is 0 Å². The molecule has 1 aromatic rings. The fourth-order valence-corrected chi connectivity index (χ4v) is 2.43. The highest BCUT2D eigenvalue weighted by atomic mass is 16.2. The van der Waals surface area contributed by atoms with Gasteiger partial charge in [0, 0.05) is 39.1 Å². The fraction of sp³-hybridized carbons (Fsp3) is 0.533. The highest BCUT2D eigenvalue weighted by Crippen LogP contribution is 2.13. The predicted molar refractivity (Wildman–Crippen MR) is 73.3 cm³/mol. The standard InChI is InChI=1S/C15H22N2O/c1-3-17-11-10-16(9-8-15(17)18)12-14-7-5-4-6-13(14)2/h4-7H,3,8-12H2,1-2H3. The van der Waals surface area contributed by atoms with Gasteiger partial charge in [-0.15, -0.1) is 0 Å². The lowest BCUT2D eigenvalue weighted by molar-refractivity contribution is -0.130. The van der Waals surface area contributed by atoms with Crippen LogP contribution in [0, 0.1) is 6.92 Å². The smallest absolute Gasteiger partial charge is 0.223 e. The van der Waals surface area contributed by atoms with Crippen LogP contribution < -0.4 is 0 Å². The highest BCUT2D eigenvalue weighted by Gasteiger charge is 2.19. The summed E-state index contributed by atoms with van der Waals surface area (Å²) in [6.07, 6.45) is 0.653. The molecule has 1 aromatic carbocycles. The van der Waals surface area contributed by atoms with Crippen molar-refractivity contribution in [2.24, 2.45) is 0 Å². The summed E-state index contributed by atoms with van der Waals surface area (Å²) in [5.41, 5.74) is 2.70. The van der Waals surface area contributed by atoms with Crippen molar-refractivity contribution in [2.75, 3.05) is 26.2 Å². The van der Waals surface area contributed by atoms with Gasteiger partial charge in [-0.3, -0.25) is 9.69 Å². The third-order valence-corrected chi connectivity index (χ3v) is 3.72. The maximum atomic E-state index is 11.8. The summed E-state index contributed by atoms with van der Waals surface area (Å²) in [4.78, 5) is 16.2. The van der Waals surface area contributed by atoms with Gasteiger partial charge in [0.2, 0.25) is 5.91 Å². The van der Waals surface area contributed by atoms with Crippen LogP contribution >= 0.6 is 0 Å². The second kappa shape index (κ2) is 6.01. The van der Waals surface area contributed by atoms with Crippen LogP contribution in [0.1, 0.15) is 24.5 Å². The molecular formula is C15H22N2O. The monoisotopic (exact) mass is 246 g/mol. The Kier molecular flexibility index (Phi) is 4.37. The Labute approximate surface area is 109 Å². The van der Waals surface area contributed by atoms with E-state index >= 15 is 0 Å². The zero-order valence-electron chi connectivity index (χ0n) is 11.4. The molecule has 2 rings (SSSR count). The van der Waals surface area contributed by atoms with E-state index in [1.807, 2.05) is 4.90 Å². The van der Waals surface area contributed by atoms with E-state index in [0.29, 0.717) is 12.3 Å². The topological polar surface area (TPSA) is 23.6 Å². The Balaban J connectivity index is 1.99. The van der Waals surface area contributed by atoms with E-state index in [0.717, 1.165) is 32.7 Å². The van der Waals surface area contributed by atoms with E-state index in [-0.39, 0.29) is 0 Å². The van der Waals surface area contributed by atoms with Crippen molar-refractivity contribution in [1.82, 2.24) is 9.80 Å². The summed E-state index contributed by atoms with van der Waals surface area (Å²) in [7, 11) is 0. The zero-order valence-corrected chi connectivity index (χ0v) is 11.4. The second-order valence-electron chi connectivity index (χ2n) is 4.93. The molecule has 0 radical (unpaired) electrons. The van der Waals surface area contributed by atoms with E-state index < -0.39 is 0 Å². The molecule has 0 aliphatic carbocycles. The molecule has 0 unspecified atom stereocenters. The van der Waals surface area contributed by atoms with Crippen LogP contribution in [0.25, 0.3) is 0 Å². The number of likely N-dealkylation sites (N-methyl/N-ethyl adjacent to an activating group) is 1. The first-order valence-electron chi connectivity index (χ1n) is 6.75. The number of rotatable bonds is 3. The Bertz CT molecular complexity index is 417. The minimum Gasteiger partial charge on any atom is -0.342 e. The predicted octanol–water partition coefficient (Wildman–Crippen LogP) is 2.05. The Morgan fingerprint density at radius 2 is 1.94 bits per heavy atom. The summed E-state index contributed by atoms with van der Waals surface area (Å²) in [5.74, 6) is 0.296. The van der Waals surface area contributed by atoms with Gasteiger partial charge in [0.1, 0.15) is 0 Å². The van der Waals surface area contributed by atoms with Crippen LogP contribution in [-0.4, -0.2) is 41.9 Å². The molecule has 1 aliphatic rings. The van der Waals surface area contributed by atoms with Crippen molar-refractivity contribution < 1.29 is 4.79 Å². The van der Waals surface area contributed by atoms with Crippen molar-refractivity contribution in [2.45, 2.75) is 26.8 Å². The van der Waals surface area contributed by atoms with E-state index in [9.17, 15) is 4.79 Å². The second-order valence-corrected chi connectivity index (χ2v) is 4.93. The number of nitrogens with zero attached hydrogens (tertiary/aromatic N) is 2. The van der Waals surface area contributed by atoms with E-state index in [2.05, 4.69) is 43.0 Å². The molecule has 1 aliphatic heterocycles. The first-order valence-corrected chi connectivity index (χ1v) is 6.75. The molecule has 0 atom stereocenters. The van der Waals surface area contributed by atoms with E-state index in [1.165, 1.54) is 11.1 Å². The summed E-state index contributed by atoms with van der Waals surface area (Å²) >= 11 is 0. The van der Waals surface area contributed by atoms with Crippen molar-refractivity contribution >= 4 is 5.91 Å². The average Bonchev–Trinajstić information content (AvgIpc) is 2.55. The number of aryl methyl sites for hydroxylation is 1. The van der Waals surface area contributed by atoms with Gasteiger partial charge in [0.05, 0.1) is 0 Å². The summed E-state index contributed by atoms with van der Waals surface area (Å²) in [6.45, 7) is 8.71. The molecule has 1 saturated heterocycles. The van der Waals surface area contributed by atoms with Gasteiger partial charge < -0.3 is 4.90 Å². The minimum absolute atomic E-state index is 0.296. The molecule has 3 heteroatoms. The van der Waals surface area contributed by atoms with Gasteiger partial charge in [0.15, 0.2) is 0 Å². The molecule has 0 N–H and O–H groups in total. The van der Waals surface area contributed by atoms with Crippen LogP contribution in [0.2, 0.25) is 0 Å². The number of amides is 1. The molecule has 0 aromatic heterocycles. The normalized spacial score (nSPS) is 17.9. The van der Waals surface area contributed by atoms with Crippen molar-refractivity contribution in [3.05, 3.63) is 35.4 Å². The summed E-state index contributed by atoms with van der Waals surface area (Å²) < 4.78 is 0. The Hall–Kier alpha value is -1.35. The van der Waals surface area contributed by atoms with Crippen LogP contribution in [0.3, 0.4) is 0 Å². The zero-order chi connectivity index (χ0) is 13.0. The van der Waals surface area contributed by atoms with E-state index in [1.54, 1.807) is 0 Å². The largest absolute Gasteiger partial charge is 0.342 e. The molecule has 3 nitrogen and oxygen atoms in total. The summed E-state index contributed by atoms with van der Waals surface area (Å²) in [6, 6.07) is 8.49. The van der Waals surface area contributed by atoms with Crippen LogP contribution in [-0.2, 0) is 11.3 Å². The first kappa shape index (κ1) is 13.1. The van der Waals surface area contributed by atoms with Gasteiger partial charge in [0.25, 0.3) is 0 Å². The lowest BCUT2D eigenvalue weighted by Crippen LogP contribution is -2.32. The molecule has 0 bridgehead atoms. The highest BCUT2D eigenvalue weighted by molar-refractivity contribution is 5.76. The molecule has 18 heavy (non-hydrogen) atoms. The van der Waals surface area contributed by atoms with Crippen molar-refractivity contribution in [1.29, 1.82) is 0 Å². The van der Waals surface area contributed by atoms with Crippen LogP contribution in [0.5, 0.6) is 0 Å². The molecule has 0 saturated carbocycles. The lowest BCUT2D eigenvalue weighted by atomic mass is 10.1. The average molecular weight is 246 g/mol. The molecular weight excluding hydrogens is 224 g/mol. The van der Waals surface area contributed by atoms with Gasteiger partial charge in [-0.25, -0.2) is 0 Å². The summed E-state index contributed by atoms with van der Waals surface area (Å²) in [5, 5.41) is 0. The van der Waals surface area contributed by atoms with Gasteiger partial charge in [-0.1, -0.05) is 24.3 Å². The maximum absolute atomic E-state index is 11.8. The third kappa shape index (κ3) is 3.10. The molecule has 1 amide bonds. The third-order valence-electron chi connectivity index (χ3n) is 3.72. The van der Waals surface area contributed by atoms with Crippen LogP contribution in [0.15, 0.2) is 24.3 Å². The van der Waals surface area contributed by atoms with E-state index in [4.69, 9.17) is 0 Å². The maximum Gasteiger partial charge on any atom is 0.223 e.